The highest BCUT2D eigenvalue weighted by Crippen LogP contribution is 2.38. The summed E-state index contributed by atoms with van der Waals surface area (Å²) in [6, 6.07) is 9.50. The summed E-state index contributed by atoms with van der Waals surface area (Å²) >= 11 is 0. The van der Waals surface area contributed by atoms with E-state index in [4.69, 9.17) is 14.0 Å². The summed E-state index contributed by atoms with van der Waals surface area (Å²) in [5.41, 5.74) is 0.534. The molecule has 3 amide bonds. The molecule has 2 aromatic rings. The van der Waals surface area contributed by atoms with E-state index in [1.807, 2.05) is 51.1 Å². The number of carbonyl (C=O) groups is 2. The minimum Gasteiger partial charge on any atom is -0.444 e. The number of benzene rings is 1. The van der Waals surface area contributed by atoms with Crippen LogP contribution >= 0.6 is 0 Å². The number of hydrogen-bond donors (Lipinski definition) is 0. The fourth-order valence-corrected chi connectivity index (χ4v) is 5.01. The van der Waals surface area contributed by atoms with E-state index in [1.54, 1.807) is 9.80 Å². The smallest absolute Gasteiger partial charge is 0.410 e. The van der Waals surface area contributed by atoms with Crippen molar-refractivity contribution in [2.75, 3.05) is 39.3 Å². The molecule has 11 heteroatoms. The molecule has 3 aliphatic heterocycles. The van der Waals surface area contributed by atoms with Crippen molar-refractivity contribution in [3.63, 3.8) is 0 Å². The predicted molar refractivity (Wildman–Crippen MR) is 133 cm³/mol. The minimum atomic E-state index is -0.490. The van der Waals surface area contributed by atoms with Crippen LogP contribution in [0.2, 0.25) is 0 Å². The maximum atomic E-state index is 13.1. The molecule has 2 unspecified atom stereocenters. The molecule has 200 valence electrons. The lowest BCUT2D eigenvalue weighted by molar-refractivity contribution is -0.140. The molecule has 1 aromatic heterocycles. The first kappa shape index (κ1) is 25.5. The van der Waals surface area contributed by atoms with E-state index in [-0.39, 0.29) is 24.2 Å². The highest BCUT2D eigenvalue weighted by Gasteiger charge is 2.47. The second-order valence-corrected chi connectivity index (χ2v) is 10.9. The molecule has 3 fully saturated rings. The topological polar surface area (TPSA) is 104 Å². The van der Waals surface area contributed by atoms with Crippen LogP contribution in [0.4, 0.5) is 9.59 Å². The second-order valence-electron chi connectivity index (χ2n) is 10.9. The zero-order valence-electron chi connectivity index (χ0n) is 21.8. The number of fused-ring (bicyclic) bond motifs is 2. The average Bonchev–Trinajstić information content (AvgIpc) is 3.45. The van der Waals surface area contributed by atoms with Crippen molar-refractivity contribution in [3.8, 4) is 0 Å². The van der Waals surface area contributed by atoms with E-state index in [1.165, 1.54) is 5.06 Å². The zero-order chi connectivity index (χ0) is 26.0. The molecule has 3 aliphatic rings. The Morgan fingerprint density at radius 1 is 1.08 bits per heavy atom. The number of piperidine rings is 1. The molecule has 37 heavy (non-hydrogen) atoms. The molecule has 2 atom stereocenters. The van der Waals surface area contributed by atoms with Crippen molar-refractivity contribution in [2.45, 2.75) is 64.3 Å². The molecule has 0 N–H and O–H groups in total. The third kappa shape index (κ3) is 6.04. The fourth-order valence-electron chi connectivity index (χ4n) is 5.01. The van der Waals surface area contributed by atoms with Gasteiger partial charge in [0.25, 0.3) is 0 Å². The van der Waals surface area contributed by atoms with Crippen LogP contribution in [0, 0.1) is 0 Å². The van der Waals surface area contributed by atoms with Crippen molar-refractivity contribution in [1.82, 2.24) is 30.0 Å². The fraction of sp³-hybridized carbons (Fsp3) is 0.615. The first-order valence-electron chi connectivity index (χ1n) is 13.1. The van der Waals surface area contributed by atoms with E-state index in [0.29, 0.717) is 44.4 Å². The second kappa shape index (κ2) is 10.7. The summed E-state index contributed by atoms with van der Waals surface area (Å²) in [5.74, 6) is 1.05. The zero-order valence-corrected chi connectivity index (χ0v) is 21.8. The summed E-state index contributed by atoms with van der Waals surface area (Å²) in [6.07, 6.45) is 1.94. The van der Waals surface area contributed by atoms with Gasteiger partial charge in [-0.05, 0) is 39.2 Å². The number of rotatable bonds is 7. The number of aromatic nitrogens is 2. The molecular formula is C26H36N6O5. The van der Waals surface area contributed by atoms with Crippen molar-refractivity contribution < 1.29 is 23.6 Å². The summed E-state index contributed by atoms with van der Waals surface area (Å²) in [5, 5.41) is 10.1. The number of nitrogens with zero attached hydrogens (tertiary/aromatic N) is 6. The van der Waals surface area contributed by atoms with Gasteiger partial charge in [0.05, 0.1) is 6.04 Å². The van der Waals surface area contributed by atoms with Crippen LogP contribution in [0.3, 0.4) is 0 Å². The molecule has 0 saturated carbocycles. The summed E-state index contributed by atoms with van der Waals surface area (Å²) in [6.45, 7) is 10.1. The van der Waals surface area contributed by atoms with Crippen molar-refractivity contribution in [3.05, 3.63) is 47.7 Å². The highest BCUT2D eigenvalue weighted by molar-refractivity contribution is 5.77. The average molecular weight is 513 g/mol. The monoisotopic (exact) mass is 512 g/mol. The standard InChI is InChI=1S/C26H36N6O5/c1-26(2,3)37-25(34)30-15-13-29(14-16-30)12-11-22-27-28-23(36-22)21-10-9-20-17-31(21)24(33)32(20)35-18-19-7-5-4-6-8-19/h4-8,20-21H,9-18H2,1-3H3. The van der Waals surface area contributed by atoms with Gasteiger partial charge in [-0.1, -0.05) is 30.3 Å². The number of hydroxylamine groups is 2. The van der Waals surface area contributed by atoms with Gasteiger partial charge in [-0.3, -0.25) is 9.74 Å². The Bertz CT molecular complexity index is 1080. The molecular weight excluding hydrogens is 476 g/mol. The van der Waals surface area contributed by atoms with Gasteiger partial charge in [0, 0.05) is 45.7 Å². The van der Waals surface area contributed by atoms with E-state index in [9.17, 15) is 9.59 Å². The molecule has 4 heterocycles. The molecule has 0 spiro atoms. The molecule has 0 radical (unpaired) electrons. The molecule has 1 aromatic carbocycles. The third-order valence-electron chi connectivity index (χ3n) is 6.97. The molecule has 3 saturated heterocycles. The number of hydrogen-bond acceptors (Lipinski definition) is 8. The first-order valence-corrected chi connectivity index (χ1v) is 13.1. The van der Waals surface area contributed by atoms with Crippen molar-refractivity contribution >= 4 is 12.1 Å². The van der Waals surface area contributed by atoms with Crippen LogP contribution in [0.5, 0.6) is 0 Å². The van der Waals surface area contributed by atoms with Gasteiger partial charge < -0.3 is 19.0 Å². The Labute approximate surface area is 217 Å². The van der Waals surface area contributed by atoms with Crippen molar-refractivity contribution in [1.29, 1.82) is 0 Å². The highest BCUT2D eigenvalue weighted by atomic mass is 16.7. The Balaban J connectivity index is 1.10. The van der Waals surface area contributed by atoms with Crippen LogP contribution in [0.15, 0.2) is 34.7 Å². The van der Waals surface area contributed by atoms with Gasteiger partial charge in [0.2, 0.25) is 11.8 Å². The quantitative estimate of drug-likeness (QED) is 0.557. The normalized spacial score (nSPS) is 22.6. The Morgan fingerprint density at radius 2 is 1.84 bits per heavy atom. The lowest BCUT2D eigenvalue weighted by Crippen LogP contribution is -2.50. The van der Waals surface area contributed by atoms with Gasteiger partial charge in [-0.25, -0.2) is 9.59 Å². The number of urea groups is 1. The first-order chi connectivity index (χ1) is 17.8. The van der Waals surface area contributed by atoms with E-state index in [2.05, 4.69) is 15.1 Å². The number of amides is 3. The maximum absolute atomic E-state index is 13.1. The number of carbonyl (C=O) groups excluding carboxylic acids is 2. The van der Waals surface area contributed by atoms with Gasteiger partial charge in [-0.15, -0.1) is 10.2 Å². The van der Waals surface area contributed by atoms with E-state index < -0.39 is 5.60 Å². The maximum Gasteiger partial charge on any atom is 0.410 e. The van der Waals surface area contributed by atoms with Crippen LogP contribution in [0.1, 0.15) is 57.0 Å². The molecule has 0 aliphatic carbocycles. The van der Waals surface area contributed by atoms with Gasteiger partial charge in [0.15, 0.2) is 0 Å². The summed E-state index contributed by atoms with van der Waals surface area (Å²) < 4.78 is 11.5. The summed E-state index contributed by atoms with van der Waals surface area (Å²) in [7, 11) is 0. The van der Waals surface area contributed by atoms with Crippen molar-refractivity contribution in [2.24, 2.45) is 0 Å². The molecule has 11 nitrogen and oxygen atoms in total. The van der Waals surface area contributed by atoms with Crippen LogP contribution in [0.25, 0.3) is 0 Å². The lowest BCUT2D eigenvalue weighted by Gasteiger charge is -2.35. The Hall–Kier alpha value is -3.18. The SMILES string of the molecule is CC(C)(C)OC(=O)N1CCN(CCc2nnc(C3CCC4CN3C(=O)N4OCc3ccccc3)o2)CC1. The van der Waals surface area contributed by atoms with E-state index in [0.717, 1.165) is 38.0 Å². The molecule has 5 rings (SSSR count). The predicted octanol–water partition coefficient (Wildman–Crippen LogP) is 3.24. The minimum absolute atomic E-state index is 0.0363. The summed E-state index contributed by atoms with van der Waals surface area (Å²) in [4.78, 5) is 37.1. The number of ether oxygens (including phenoxy) is 1. The van der Waals surface area contributed by atoms with Gasteiger partial charge in [0.1, 0.15) is 18.2 Å². The largest absolute Gasteiger partial charge is 0.444 e. The van der Waals surface area contributed by atoms with Crippen LogP contribution < -0.4 is 0 Å². The number of piperazine rings is 1. The van der Waals surface area contributed by atoms with Crippen LogP contribution in [-0.4, -0.2) is 93.0 Å². The van der Waals surface area contributed by atoms with E-state index >= 15 is 0 Å². The molecule has 2 bridgehead atoms. The Morgan fingerprint density at radius 3 is 2.57 bits per heavy atom. The lowest BCUT2D eigenvalue weighted by atomic mass is 10.0. The Kier molecular flexibility index (Phi) is 7.34. The van der Waals surface area contributed by atoms with Crippen LogP contribution in [-0.2, 0) is 22.6 Å². The third-order valence-corrected chi connectivity index (χ3v) is 6.97. The van der Waals surface area contributed by atoms with Gasteiger partial charge in [-0.2, -0.15) is 5.06 Å². The van der Waals surface area contributed by atoms with Gasteiger partial charge >= 0.3 is 12.1 Å².